The summed E-state index contributed by atoms with van der Waals surface area (Å²) in [7, 11) is 0. The highest BCUT2D eigenvalue weighted by atomic mass is 16.7. The fourth-order valence-corrected chi connectivity index (χ4v) is 11.1. The summed E-state index contributed by atoms with van der Waals surface area (Å²) < 4.78 is 16.7. The highest BCUT2D eigenvalue weighted by Crippen LogP contribution is 2.23. The molecule has 1 aliphatic rings. The van der Waals surface area contributed by atoms with Crippen molar-refractivity contribution in [2.24, 2.45) is 0 Å². The Balaban J connectivity index is 2.02. The molecule has 472 valence electrons. The standard InChI is InChI=1S/C69H131NO10/c1-3-5-7-9-11-13-15-16-29-32-36-39-43-47-51-55-62(72)61(60-79-69-68(77)67(76)66(75)63(59-71)80-69)70-64(73)56-52-48-44-40-37-33-30-27-25-23-21-19-17-18-20-22-24-26-28-31-34-38-42-46-50-54-58-78-65(74)57-53-49-45-41-35-14-12-10-8-6-4-2/h36,39,51,55,61-63,66-69,71-72,75-77H,3-35,37-38,40-50,52-54,56-60H2,1-2H3,(H,70,73)/b39-36+,55-51+. The number of hydrogen-bond acceptors (Lipinski definition) is 10. The Bertz CT molecular complexity index is 1380. The normalized spacial score (nSPS) is 18.4. The van der Waals surface area contributed by atoms with Crippen LogP contribution in [0.25, 0.3) is 0 Å². The molecule has 0 aromatic heterocycles. The predicted molar refractivity (Wildman–Crippen MR) is 334 cm³/mol. The SMILES string of the molecule is CCCCCCCCCCC/C=C/CC/C=C/C(O)C(COC1OC(CO)C(O)C(O)C1O)NC(=O)CCCCCCCCCCCCCCCCCCCCCCCCCCCCOC(=O)CCCCCCCCCCCCC. The average molecular weight is 1130 g/mol. The number of rotatable bonds is 61. The van der Waals surface area contributed by atoms with Crippen LogP contribution >= 0.6 is 0 Å². The topological polar surface area (TPSA) is 175 Å². The maximum Gasteiger partial charge on any atom is 0.305 e. The van der Waals surface area contributed by atoms with Gasteiger partial charge >= 0.3 is 5.97 Å². The largest absolute Gasteiger partial charge is 0.466 e. The molecular weight excluding hydrogens is 1000 g/mol. The molecule has 7 atom stereocenters. The van der Waals surface area contributed by atoms with Gasteiger partial charge in [0.15, 0.2) is 6.29 Å². The van der Waals surface area contributed by atoms with Gasteiger partial charge in [-0.1, -0.05) is 308 Å². The van der Waals surface area contributed by atoms with Gasteiger partial charge in [-0.05, 0) is 44.9 Å². The number of carbonyl (C=O) groups excluding carboxylic acids is 2. The lowest BCUT2D eigenvalue weighted by Gasteiger charge is -2.40. The Labute approximate surface area is 492 Å². The Kier molecular flexibility index (Phi) is 56.1. The summed E-state index contributed by atoms with van der Waals surface area (Å²) in [5.74, 6) is -0.180. The Morgan fingerprint density at radius 3 is 1.24 bits per heavy atom. The molecule has 80 heavy (non-hydrogen) atoms. The first-order chi connectivity index (χ1) is 39.2. The first-order valence-electron chi connectivity index (χ1n) is 34.6. The molecule has 0 saturated carbocycles. The molecule has 1 aliphatic heterocycles. The zero-order chi connectivity index (χ0) is 58.0. The highest BCUT2D eigenvalue weighted by Gasteiger charge is 2.44. The minimum atomic E-state index is -1.58. The van der Waals surface area contributed by atoms with Crippen molar-refractivity contribution in [2.45, 2.75) is 384 Å². The van der Waals surface area contributed by atoms with E-state index in [1.807, 2.05) is 6.08 Å². The molecule has 1 heterocycles. The lowest BCUT2D eigenvalue weighted by atomic mass is 9.99. The van der Waals surface area contributed by atoms with Gasteiger partial charge in [0, 0.05) is 12.8 Å². The summed E-state index contributed by atoms with van der Waals surface area (Å²) in [6, 6.07) is -0.826. The number of esters is 1. The van der Waals surface area contributed by atoms with Crippen LogP contribution in [-0.2, 0) is 23.8 Å². The lowest BCUT2D eigenvalue weighted by Crippen LogP contribution is -2.60. The third-order valence-electron chi connectivity index (χ3n) is 16.6. The summed E-state index contributed by atoms with van der Waals surface area (Å²) in [5, 5.41) is 54.5. The number of aliphatic hydroxyl groups is 5. The number of allylic oxidation sites excluding steroid dienone is 3. The molecule has 6 N–H and O–H groups in total. The van der Waals surface area contributed by atoms with Crippen LogP contribution in [-0.4, -0.2) is 100 Å². The minimum absolute atomic E-state index is 0.00714. The number of ether oxygens (including phenoxy) is 3. The van der Waals surface area contributed by atoms with Crippen LogP contribution in [0.3, 0.4) is 0 Å². The molecule has 0 radical (unpaired) electrons. The molecule has 0 spiro atoms. The smallest absolute Gasteiger partial charge is 0.305 e. The number of hydrogen-bond donors (Lipinski definition) is 6. The maximum absolute atomic E-state index is 13.1. The van der Waals surface area contributed by atoms with Gasteiger partial charge in [0.1, 0.15) is 24.4 Å². The zero-order valence-corrected chi connectivity index (χ0v) is 52.3. The molecule has 1 amide bonds. The molecule has 0 aromatic carbocycles. The summed E-state index contributed by atoms with van der Waals surface area (Å²) in [6.07, 6.45) is 63.0. The van der Waals surface area contributed by atoms with Crippen LogP contribution < -0.4 is 5.32 Å². The molecule has 1 rings (SSSR count). The molecule has 0 bridgehead atoms. The van der Waals surface area contributed by atoms with Crippen molar-refractivity contribution < 1.29 is 49.3 Å². The van der Waals surface area contributed by atoms with E-state index in [-0.39, 0.29) is 18.5 Å². The van der Waals surface area contributed by atoms with Crippen molar-refractivity contribution in [2.75, 3.05) is 19.8 Å². The van der Waals surface area contributed by atoms with E-state index in [0.717, 1.165) is 57.8 Å². The summed E-state index contributed by atoms with van der Waals surface area (Å²) in [5.41, 5.74) is 0. The average Bonchev–Trinajstić information content (AvgIpc) is 3.45. The fourth-order valence-electron chi connectivity index (χ4n) is 11.1. The van der Waals surface area contributed by atoms with Crippen LogP contribution in [0.2, 0.25) is 0 Å². The van der Waals surface area contributed by atoms with Gasteiger partial charge < -0.3 is 45.1 Å². The van der Waals surface area contributed by atoms with Gasteiger partial charge in [-0.25, -0.2) is 0 Å². The summed E-state index contributed by atoms with van der Waals surface area (Å²) >= 11 is 0. The number of unbranched alkanes of at least 4 members (excludes halogenated alkanes) is 45. The molecule has 1 saturated heterocycles. The molecule has 1 fully saturated rings. The lowest BCUT2D eigenvalue weighted by molar-refractivity contribution is -0.302. The van der Waals surface area contributed by atoms with Crippen molar-refractivity contribution in [1.82, 2.24) is 5.32 Å². The Morgan fingerprint density at radius 1 is 0.450 bits per heavy atom. The van der Waals surface area contributed by atoms with Gasteiger partial charge in [0.2, 0.25) is 5.91 Å². The fraction of sp³-hybridized carbons (Fsp3) is 0.913. The van der Waals surface area contributed by atoms with E-state index in [1.165, 1.54) is 257 Å². The van der Waals surface area contributed by atoms with Crippen molar-refractivity contribution in [3.63, 3.8) is 0 Å². The Morgan fingerprint density at radius 2 is 0.812 bits per heavy atom. The van der Waals surface area contributed by atoms with E-state index in [0.29, 0.717) is 19.4 Å². The molecule has 7 unspecified atom stereocenters. The number of aliphatic hydroxyl groups excluding tert-OH is 5. The number of nitrogens with one attached hydrogen (secondary N) is 1. The van der Waals surface area contributed by atoms with E-state index in [1.54, 1.807) is 6.08 Å². The van der Waals surface area contributed by atoms with Crippen molar-refractivity contribution in [3.05, 3.63) is 24.3 Å². The van der Waals surface area contributed by atoms with Crippen LogP contribution in [0.5, 0.6) is 0 Å². The molecule has 0 aliphatic carbocycles. The number of carbonyl (C=O) groups is 2. The zero-order valence-electron chi connectivity index (χ0n) is 52.3. The number of amides is 1. The summed E-state index contributed by atoms with van der Waals surface area (Å²) in [6.45, 7) is 4.36. The minimum Gasteiger partial charge on any atom is -0.466 e. The van der Waals surface area contributed by atoms with Crippen molar-refractivity contribution >= 4 is 11.9 Å². The van der Waals surface area contributed by atoms with E-state index in [4.69, 9.17) is 14.2 Å². The van der Waals surface area contributed by atoms with Gasteiger partial charge in [0.05, 0.1) is 32.0 Å². The van der Waals surface area contributed by atoms with Crippen LogP contribution in [0.1, 0.15) is 341 Å². The van der Waals surface area contributed by atoms with Gasteiger partial charge in [-0.3, -0.25) is 9.59 Å². The first kappa shape index (κ1) is 76.2. The van der Waals surface area contributed by atoms with E-state index >= 15 is 0 Å². The van der Waals surface area contributed by atoms with Crippen LogP contribution in [0.4, 0.5) is 0 Å². The van der Waals surface area contributed by atoms with Gasteiger partial charge in [-0.15, -0.1) is 0 Å². The second kappa shape index (κ2) is 58.9. The van der Waals surface area contributed by atoms with E-state index in [2.05, 4.69) is 31.3 Å². The van der Waals surface area contributed by atoms with Gasteiger partial charge in [-0.2, -0.15) is 0 Å². The Hall–Kier alpha value is -1.86. The van der Waals surface area contributed by atoms with Crippen molar-refractivity contribution in [3.8, 4) is 0 Å². The monoisotopic (exact) mass is 1130 g/mol. The van der Waals surface area contributed by atoms with Crippen LogP contribution in [0, 0.1) is 0 Å². The molecule has 11 heteroatoms. The second-order valence-corrected chi connectivity index (χ2v) is 24.2. The van der Waals surface area contributed by atoms with E-state index in [9.17, 15) is 35.1 Å². The third-order valence-corrected chi connectivity index (χ3v) is 16.6. The maximum atomic E-state index is 13.1. The van der Waals surface area contributed by atoms with E-state index < -0.39 is 49.5 Å². The summed E-state index contributed by atoms with van der Waals surface area (Å²) in [4.78, 5) is 25.1. The third kappa shape index (κ3) is 47.5. The van der Waals surface area contributed by atoms with Crippen LogP contribution in [0.15, 0.2) is 24.3 Å². The van der Waals surface area contributed by atoms with Gasteiger partial charge in [0.25, 0.3) is 0 Å². The van der Waals surface area contributed by atoms with Crippen molar-refractivity contribution in [1.29, 1.82) is 0 Å². The predicted octanol–water partition coefficient (Wildman–Crippen LogP) is 17.2. The molecule has 0 aromatic rings. The molecular formula is C69H131NO10. The quantitative estimate of drug-likeness (QED) is 0.0195. The first-order valence-corrected chi connectivity index (χ1v) is 34.6. The highest BCUT2D eigenvalue weighted by molar-refractivity contribution is 5.76. The molecule has 11 nitrogen and oxygen atoms in total. The second-order valence-electron chi connectivity index (χ2n) is 24.2.